The summed E-state index contributed by atoms with van der Waals surface area (Å²) in [7, 11) is 0. The van der Waals surface area contributed by atoms with Gasteiger partial charge in [0.15, 0.2) is 11.6 Å². The third kappa shape index (κ3) is 5.49. The van der Waals surface area contributed by atoms with E-state index >= 15 is 0 Å². The molecule has 1 heterocycles. The van der Waals surface area contributed by atoms with E-state index in [4.69, 9.17) is 9.84 Å². The van der Waals surface area contributed by atoms with Crippen molar-refractivity contribution in [2.24, 2.45) is 0 Å². The second kappa shape index (κ2) is 9.78. The van der Waals surface area contributed by atoms with Crippen LogP contribution in [0.15, 0.2) is 60.7 Å². The van der Waals surface area contributed by atoms with Crippen molar-refractivity contribution in [2.75, 3.05) is 37.8 Å². The van der Waals surface area contributed by atoms with Gasteiger partial charge in [0, 0.05) is 24.3 Å². The molecule has 28 heavy (non-hydrogen) atoms. The quantitative estimate of drug-likeness (QED) is 0.594. The first-order valence-corrected chi connectivity index (χ1v) is 9.23. The maximum atomic E-state index is 12.4. The van der Waals surface area contributed by atoms with Crippen LogP contribution in [0.3, 0.4) is 0 Å². The third-order valence-corrected chi connectivity index (χ3v) is 4.51. The van der Waals surface area contributed by atoms with Crippen molar-refractivity contribution >= 4 is 29.4 Å². The summed E-state index contributed by atoms with van der Waals surface area (Å²) < 4.78 is 5.36. The van der Waals surface area contributed by atoms with E-state index in [1.807, 2.05) is 48.5 Å². The van der Waals surface area contributed by atoms with E-state index in [2.05, 4.69) is 4.90 Å². The van der Waals surface area contributed by atoms with E-state index in [0.717, 1.165) is 43.1 Å². The van der Waals surface area contributed by atoms with Crippen molar-refractivity contribution in [1.29, 1.82) is 0 Å². The predicted octanol–water partition coefficient (Wildman–Crippen LogP) is 2.99. The molecule has 0 unspecified atom stereocenters. The summed E-state index contributed by atoms with van der Waals surface area (Å²) in [4.78, 5) is 25.7. The average Bonchev–Trinajstić information content (AvgIpc) is 2.77. The van der Waals surface area contributed by atoms with E-state index in [-0.39, 0.29) is 11.6 Å². The summed E-state index contributed by atoms with van der Waals surface area (Å²) in [5, 5.41) is 8.71. The number of anilines is 1. The number of ether oxygens (including phenoxy) is 1. The first-order chi connectivity index (χ1) is 13.7. The Hall–Kier alpha value is -3.02. The molecule has 0 aliphatic carbocycles. The van der Waals surface area contributed by atoms with Crippen LogP contribution in [0.4, 0.5) is 5.69 Å². The van der Waals surface area contributed by atoms with Crippen molar-refractivity contribution in [1.82, 2.24) is 0 Å². The highest BCUT2D eigenvalue weighted by molar-refractivity contribution is 6.07. The SMILES string of the molecule is O=C(/C=C/c1ccc(/C=C/C(=O)c2ccc(N3CCOCC3)cc2)cc1)CO. The van der Waals surface area contributed by atoms with Gasteiger partial charge in [0.05, 0.1) is 13.2 Å². The minimum Gasteiger partial charge on any atom is -0.388 e. The van der Waals surface area contributed by atoms with Crippen molar-refractivity contribution in [2.45, 2.75) is 0 Å². The summed E-state index contributed by atoms with van der Waals surface area (Å²) in [5.41, 5.74) is 3.50. The Morgan fingerprint density at radius 1 is 0.893 bits per heavy atom. The average molecular weight is 377 g/mol. The Balaban J connectivity index is 1.60. The lowest BCUT2D eigenvalue weighted by molar-refractivity contribution is -0.117. The molecule has 0 atom stereocenters. The van der Waals surface area contributed by atoms with Crippen LogP contribution in [-0.2, 0) is 9.53 Å². The van der Waals surface area contributed by atoms with Crippen LogP contribution < -0.4 is 4.90 Å². The minimum atomic E-state index is -0.493. The molecule has 2 aromatic rings. The first kappa shape index (κ1) is 19.7. The lowest BCUT2D eigenvalue weighted by atomic mass is 10.1. The maximum absolute atomic E-state index is 12.4. The molecule has 1 saturated heterocycles. The van der Waals surface area contributed by atoms with Crippen molar-refractivity contribution in [3.8, 4) is 0 Å². The number of nitrogens with zero attached hydrogens (tertiary/aromatic N) is 1. The van der Waals surface area contributed by atoms with Crippen LogP contribution in [0.2, 0.25) is 0 Å². The molecule has 0 radical (unpaired) electrons. The zero-order valence-electron chi connectivity index (χ0n) is 15.6. The van der Waals surface area contributed by atoms with E-state index in [9.17, 15) is 9.59 Å². The van der Waals surface area contributed by atoms with Crippen LogP contribution in [0.5, 0.6) is 0 Å². The van der Waals surface area contributed by atoms with Crippen LogP contribution in [0.25, 0.3) is 12.2 Å². The molecule has 0 bridgehead atoms. The maximum Gasteiger partial charge on any atom is 0.185 e. The van der Waals surface area contributed by atoms with Gasteiger partial charge in [-0.25, -0.2) is 0 Å². The number of morpholine rings is 1. The van der Waals surface area contributed by atoms with Gasteiger partial charge in [0.2, 0.25) is 0 Å². The van der Waals surface area contributed by atoms with Gasteiger partial charge in [-0.15, -0.1) is 0 Å². The Kier molecular flexibility index (Phi) is 6.89. The van der Waals surface area contributed by atoms with Crippen molar-refractivity contribution in [3.05, 3.63) is 77.4 Å². The highest BCUT2D eigenvalue weighted by Crippen LogP contribution is 2.17. The number of carbonyl (C=O) groups is 2. The van der Waals surface area contributed by atoms with Gasteiger partial charge >= 0.3 is 0 Å². The molecule has 0 saturated carbocycles. The monoisotopic (exact) mass is 377 g/mol. The van der Waals surface area contributed by atoms with E-state index in [1.165, 1.54) is 6.08 Å². The number of benzene rings is 2. The second-order valence-corrected chi connectivity index (χ2v) is 6.47. The summed E-state index contributed by atoms with van der Waals surface area (Å²) in [6, 6.07) is 15.1. The molecule has 2 aromatic carbocycles. The number of hydrogen-bond acceptors (Lipinski definition) is 5. The highest BCUT2D eigenvalue weighted by atomic mass is 16.5. The molecule has 1 N–H and O–H groups in total. The summed E-state index contributed by atoms with van der Waals surface area (Å²) in [6.07, 6.45) is 6.32. The van der Waals surface area contributed by atoms with Crippen LogP contribution in [-0.4, -0.2) is 49.6 Å². The fourth-order valence-corrected chi connectivity index (χ4v) is 2.89. The molecule has 1 fully saturated rings. The van der Waals surface area contributed by atoms with Gasteiger partial charge in [0.1, 0.15) is 6.61 Å². The van der Waals surface area contributed by atoms with Gasteiger partial charge in [-0.1, -0.05) is 36.4 Å². The van der Waals surface area contributed by atoms with Crippen LogP contribution in [0, 0.1) is 0 Å². The topological polar surface area (TPSA) is 66.8 Å². The lowest BCUT2D eigenvalue weighted by Gasteiger charge is -2.28. The van der Waals surface area contributed by atoms with Crippen LogP contribution in [0.1, 0.15) is 21.5 Å². The van der Waals surface area contributed by atoms with E-state index in [1.54, 1.807) is 18.2 Å². The Morgan fingerprint density at radius 3 is 2.04 bits per heavy atom. The normalized spacial score (nSPS) is 14.7. The number of allylic oxidation sites excluding steroid dienone is 1. The molecular formula is C23H23NO4. The Labute approximate surface area is 164 Å². The van der Waals surface area contributed by atoms with Gasteiger partial charge in [0.25, 0.3) is 0 Å². The predicted molar refractivity (Wildman–Crippen MR) is 110 cm³/mol. The molecule has 3 rings (SSSR count). The van der Waals surface area contributed by atoms with Gasteiger partial charge < -0.3 is 14.7 Å². The molecule has 5 nitrogen and oxygen atoms in total. The molecule has 0 aromatic heterocycles. The van der Waals surface area contributed by atoms with Crippen LogP contribution >= 0.6 is 0 Å². The molecule has 1 aliphatic heterocycles. The van der Waals surface area contributed by atoms with Crippen molar-refractivity contribution in [3.63, 3.8) is 0 Å². The van der Waals surface area contributed by atoms with E-state index < -0.39 is 6.61 Å². The lowest BCUT2D eigenvalue weighted by Crippen LogP contribution is -2.36. The Morgan fingerprint density at radius 2 is 1.46 bits per heavy atom. The minimum absolute atomic E-state index is 0.0500. The number of aliphatic hydroxyl groups is 1. The van der Waals surface area contributed by atoms with Gasteiger partial charge in [-0.05, 0) is 47.5 Å². The molecule has 5 heteroatoms. The first-order valence-electron chi connectivity index (χ1n) is 9.23. The summed E-state index contributed by atoms with van der Waals surface area (Å²) >= 11 is 0. The van der Waals surface area contributed by atoms with E-state index in [0.29, 0.717) is 5.56 Å². The number of ketones is 2. The number of hydrogen-bond donors (Lipinski definition) is 1. The van der Waals surface area contributed by atoms with Crippen molar-refractivity contribution < 1.29 is 19.4 Å². The third-order valence-electron chi connectivity index (χ3n) is 4.51. The van der Waals surface area contributed by atoms with Gasteiger partial charge in [-0.3, -0.25) is 9.59 Å². The molecule has 144 valence electrons. The number of carbonyl (C=O) groups excluding carboxylic acids is 2. The molecule has 0 spiro atoms. The fraction of sp³-hybridized carbons (Fsp3) is 0.217. The van der Waals surface area contributed by atoms with Gasteiger partial charge in [-0.2, -0.15) is 0 Å². The number of aliphatic hydroxyl groups excluding tert-OH is 1. The standard InChI is InChI=1S/C23H23NO4/c25-17-22(26)11-5-18-1-3-19(4-2-18)6-12-23(27)20-7-9-21(10-8-20)24-13-15-28-16-14-24/h1-12,25H,13-17H2/b11-5+,12-6+. The zero-order valence-corrected chi connectivity index (χ0v) is 15.6. The summed E-state index contributed by atoms with van der Waals surface area (Å²) in [6.45, 7) is 2.71. The molecule has 1 aliphatic rings. The number of rotatable bonds is 7. The summed E-state index contributed by atoms with van der Waals surface area (Å²) in [5.74, 6) is -0.389. The largest absolute Gasteiger partial charge is 0.388 e. The smallest absolute Gasteiger partial charge is 0.185 e. The molecule has 0 amide bonds. The molecular weight excluding hydrogens is 354 g/mol. The fourth-order valence-electron chi connectivity index (χ4n) is 2.89. The Bertz CT molecular complexity index is 860. The second-order valence-electron chi connectivity index (χ2n) is 6.47. The zero-order chi connectivity index (χ0) is 19.8. The highest BCUT2D eigenvalue weighted by Gasteiger charge is 2.11.